The zero-order chi connectivity index (χ0) is 11.0. The number of hydrogen-bond donors (Lipinski definition) is 1. The molecule has 0 amide bonds. The summed E-state index contributed by atoms with van der Waals surface area (Å²) in [4.78, 5) is 2.39. The van der Waals surface area contributed by atoms with E-state index in [4.69, 9.17) is 5.26 Å². The number of nitriles is 1. The second-order valence-corrected chi connectivity index (χ2v) is 4.63. The lowest BCUT2D eigenvalue weighted by atomic mass is 10.2. The predicted molar refractivity (Wildman–Crippen MR) is 65.0 cm³/mol. The van der Waals surface area contributed by atoms with Gasteiger partial charge in [0.2, 0.25) is 0 Å². The van der Waals surface area contributed by atoms with Gasteiger partial charge in [0.05, 0.1) is 23.0 Å². The molecule has 0 radical (unpaired) electrons. The van der Waals surface area contributed by atoms with Crippen molar-refractivity contribution in [3.63, 3.8) is 0 Å². The number of hydrogen-bond acceptors (Lipinski definition) is 3. The molecule has 1 aliphatic rings. The summed E-state index contributed by atoms with van der Waals surface area (Å²) in [6, 6.07) is 16.0. The topological polar surface area (TPSA) is 35.8 Å². The molecule has 0 bridgehead atoms. The van der Waals surface area contributed by atoms with Crippen molar-refractivity contribution < 1.29 is 0 Å². The minimum atomic E-state index is 0.686. The van der Waals surface area contributed by atoms with Gasteiger partial charge in [0.25, 0.3) is 0 Å². The van der Waals surface area contributed by atoms with Gasteiger partial charge in [-0.1, -0.05) is 23.9 Å². The van der Waals surface area contributed by atoms with Crippen LogP contribution in [0, 0.1) is 11.3 Å². The van der Waals surface area contributed by atoms with E-state index in [0.717, 1.165) is 16.3 Å². The van der Waals surface area contributed by atoms with E-state index in [-0.39, 0.29) is 0 Å². The fourth-order valence-electron chi connectivity index (χ4n) is 1.71. The minimum Gasteiger partial charge on any atom is -0.354 e. The van der Waals surface area contributed by atoms with E-state index in [1.54, 1.807) is 11.8 Å². The summed E-state index contributed by atoms with van der Waals surface area (Å²) in [5.74, 6) is 0. The highest BCUT2D eigenvalue weighted by Gasteiger charge is 2.14. The molecule has 76 valence electrons. The molecular formula is C13H8N2S. The third-order valence-corrected chi connectivity index (χ3v) is 3.64. The van der Waals surface area contributed by atoms with Gasteiger partial charge in [-0.2, -0.15) is 5.26 Å². The number of nitrogens with zero attached hydrogens (tertiary/aromatic N) is 1. The first kappa shape index (κ1) is 9.32. The van der Waals surface area contributed by atoms with E-state index >= 15 is 0 Å². The molecule has 0 unspecified atom stereocenters. The fourth-order valence-corrected chi connectivity index (χ4v) is 2.68. The maximum atomic E-state index is 8.85. The van der Waals surface area contributed by atoms with Crippen LogP contribution in [0.1, 0.15) is 5.56 Å². The average Bonchev–Trinajstić information content (AvgIpc) is 2.35. The van der Waals surface area contributed by atoms with Gasteiger partial charge in [-0.05, 0) is 30.3 Å². The zero-order valence-corrected chi connectivity index (χ0v) is 9.21. The largest absolute Gasteiger partial charge is 0.354 e. The Morgan fingerprint density at radius 2 is 1.81 bits per heavy atom. The summed E-state index contributed by atoms with van der Waals surface area (Å²) in [7, 11) is 0. The van der Waals surface area contributed by atoms with Crippen molar-refractivity contribution in [3.8, 4) is 6.07 Å². The standard InChI is InChI=1S/C13H8N2S/c14-8-9-5-6-13-11(7-9)15-10-3-1-2-4-12(10)16-13/h1-7,15H. The first-order valence-corrected chi connectivity index (χ1v) is 5.76. The number of para-hydroxylation sites is 1. The van der Waals surface area contributed by atoms with Crippen molar-refractivity contribution in [1.29, 1.82) is 5.26 Å². The van der Waals surface area contributed by atoms with E-state index < -0.39 is 0 Å². The van der Waals surface area contributed by atoms with Gasteiger partial charge in [0, 0.05) is 9.79 Å². The third kappa shape index (κ3) is 1.44. The summed E-state index contributed by atoms with van der Waals surface area (Å²) in [6.45, 7) is 0. The maximum absolute atomic E-state index is 8.85. The summed E-state index contributed by atoms with van der Waals surface area (Å²) in [6.07, 6.45) is 0. The Labute approximate surface area is 97.9 Å². The molecule has 2 aromatic carbocycles. The number of fused-ring (bicyclic) bond motifs is 2. The van der Waals surface area contributed by atoms with Crippen LogP contribution in [0.2, 0.25) is 0 Å². The Hall–Kier alpha value is -1.92. The van der Waals surface area contributed by atoms with Gasteiger partial charge in [-0.15, -0.1) is 0 Å². The van der Waals surface area contributed by atoms with Crippen LogP contribution in [0.25, 0.3) is 0 Å². The quantitative estimate of drug-likeness (QED) is 0.631. The number of anilines is 2. The van der Waals surface area contributed by atoms with Crippen molar-refractivity contribution in [2.24, 2.45) is 0 Å². The molecule has 1 aliphatic heterocycles. The molecule has 0 aromatic heterocycles. The molecule has 1 heterocycles. The molecule has 0 aliphatic carbocycles. The van der Waals surface area contributed by atoms with E-state index in [9.17, 15) is 0 Å². The van der Waals surface area contributed by atoms with Crippen molar-refractivity contribution >= 4 is 23.1 Å². The lowest BCUT2D eigenvalue weighted by Gasteiger charge is -2.20. The molecule has 0 fully saturated rings. The summed E-state index contributed by atoms with van der Waals surface area (Å²) in [5, 5.41) is 12.2. The monoisotopic (exact) mass is 224 g/mol. The van der Waals surface area contributed by atoms with Crippen LogP contribution >= 0.6 is 11.8 Å². The van der Waals surface area contributed by atoms with Gasteiger partial charge < -0.3 is 5.32 Å². The Kier molecular flexibility index (Phi) is 2.09. The zero-order valence-electron chi connectivity index (χ0n) is 8.40. The summed E-state index contributed by atoms with van der Waals surface area (Å²) in [5.41, 5.74) is 2.81. The van der Waals surface area contributed by atoms with E-state index in [1.807, 2.05) is 36.4 Å². The molecule has 0 atom stereocenters. The van der Waals surface area contributed by atoms with Gasteiger partial charge >= 0.3 is 0 Å². The van der Waals surface area contributed by atoms with Crippen LogP contribution in [0.15, 0.2) is 52.3 Å². The molecule has 2 aromatic rings. The van der Waals surface area contributed by atoms with Crippen LogP contribution in [0.4, 0.5) is 11.4 Å². The third-order valence-electron chi connectivity index (χ3n) is 2.48. The molecular weight excluding hydrogens is 216 g/mol. The van der Waals surface area contributed by atoms with Crippen molar-refractivity contribution in [2.75, 3.05) is 5.32 Å². The van der Waals surface area contributed by atoms with Crippen molar-refractivity contribution in [3.05, 3.63) is 48.0 Å². The van der Waals surface area contributed by atoms with Crippen molar-refractivity contribution in [1.82, 2.24) is 0 Å². The fraction of sp³-hybridized carbons (Fsp3) is 0. The van der Waals surface area contributed by atoms with E-state index in [0.29, 0.717) is 5.56 Å². The van der Waals surface area contributed by atoms with Crippen LogP contribution in [-0.4, -0.2) is 0 Å². The average molecular weight is 224 g/mol. The molecule has 0 spiro atoms. The first-order chi connectivity index (χ1) is 7.86. The van der Waals surface area contributed by atoms with Crippen LogP contribution in [0.5, 0.6) is 0 Å². The summed E-state index contributed by atoms with van der Waals surface area (Å²) < 4.78 is 0. The Morgan fingerprint density at radius 1 is 1.00 bits per heavy atom. The van der Waals surface area contributed by atoms with Gasteiger partial charge in [0.15, 0.2) is 0 Å². The number of nitrogens with one attached hydrogen (secondary N) is 1. The first-order valence-electron chi connectivity index (χ1n) is 4.95. The lowest BCUT2D eigenvalue weighted by Crippen LogP contribution is -1.99. The second-order valence-electron chi connectivity index (χ2n) is 3.55. The van der Waals surface area contributed by atoms with Gasteiger partial charge in [-0.3, -0.25) is 0 Å². The van der Waals surface area contributed by atoms with Gasteiger partial charge in [-0.25, -0.2) is 0 Å². The highest BCUT2D eigenvalue weighted by Crippen LogP contribution is 2.43. The second kappa shape index (κ2) is 3.58. The van der Waals surface area contributed by atoms with Gasteiger partial charge in [0.1, 0.15) is 0 Å². The number of rotatable bonds is 0. The molecule has 16 heavy (non-hydrogen) atoms. The smallest absolute Gasteiger partial charge is 0.0992 e. The Bertz CT molecular complexity index is 599. The summed E-state index contributed by atoms with van der Waals surface area (Å²) >= 11 is 1.73. The molecule has 0 saturated heterocycles. The Morgan fingerprint density at radius 3 is 2.69 bits per heavy atom. The molecule has 3 rings (SSSR count). The lowest BCUT2D eigenvalue weighted by molar-refractivity contribution is 1.31. The van der Waals surface area contributed by atoms with Crippen LogP contribution in [0.3, 0.4) is 0 Å². The highest BCUT2D eigenvalue weighted by atomic mass is 32.2. The molecule has 2 nitrogen and oxygen atoms in total. The Balaban J connectivity index is 2.09. The van der Waals surface area contributed by atoms with E-state index in [1.165, 1.54) is 4.90 Å². The highest BCUT2D eigenvalue weighted by molar-refractivity contribution is 7.99. The molecule has 0 saturated carbocycles. The molecule has 3 heteroatoms. The normalized spacial score (nSPS) is 11.9. The van der Waals surface area contributed by atoms with Crippen molar-refractivity contribution in [2.45, 2.75) is 9.79 Å². The SMILES string of the molecule is N#Cc1ccc2c(c1)Nc1ccccc1S2. The van der Waals surface area contributed by atoms with E-state index in [2.05, 4.69) is 17.5 Å². The minimum absolute atomic E-state index is 0.686. The van der Waals surface area contributed by atoms with Crippen LogP contribution < -0.4 is 5.32 Å². The predicted octanol–water partition coefficient (Wildman–Crippen LogP) is 3.77. The number of benzene rings is 2. The van der Waals surface area contributed by atoms with Crippen LogP contribution in [-0.2, 0) is 0 Å². The molecule has 1 N–H and O–H groups in total. The maximum Gasteiger partial charge on any atom is 0.0992 e.